The number of aliphatic hydroxyl groups excluding tert-OH is 2. The zero-order chi connectivity index (χ0) is 21.8. The summed E-state index contributed by atoms with van der Waals surface area (Å²) in [7, 11) is 0. The van der Waals surface area contributed by atoms with Crippen LogP contribution in [0, 0.1) is 0 Å². The van der Waals surface area contributed by atoms with Crippen molar-refractivity contribution in [2.75, 3.05) is 19.8 Å². The maximum atomic E-state index is 10.6. The molecule has 1 heterocycles. The second kappa shape index (κ2) is 10.0. The van der Waals surface area contributed by atoms with E-state index in [0.29, 0.717) is 17.5 Å². The Morgan fingerprint density at radius 3 is 2.25 bits per heavy atom. The van der Waals surface area contributed by atoms with Crippen LogP contribution < -0.4 is 10.1 Å². The summed E-state index contributed by atoms with van der Waals surface area (Å²) in [6.45, 7) is 15.9. The Morgan fingerprint density at radius 1 is 1.14 bits per heavy atom. The van der Waals surface area contributed by atoms with Crippen molar-refractivity contribution in [3.8, 4) is 5.88 Å². The maximum absolute atomic E-state index is 10.6. The Labute approximate surface area is 177 Å². The van der Waals surface area contributed by atoms with E-state index in [0.717, 1.165) is 11.7 Å². The van der Waals surface area contributed by atoms with Gasteiger partial charge in [0.1, 0.15) is 12.7 Å². The molecule has 1 aromatic heterocycles. The molecule has 0 saturated carbocycles. The quantitative estimate of drug-likeness (QED) is 0.324. The summed E-state index contributed by atoms with van der Waals surface area (Å²) in [5, 5.41) is 35.3. The zero-order valence-corrected chi connectivity index (χ0v) is 19.8. The van der Waals surface area contributed by atoms with Crippen LogP contribution in [0.1, 0.15) is 55.4 Å². The fourth-order valence-corrected chi connectivity index (χ4v) is 4.21. The highest BCUT2D eigenvalue weighted by molar-refractivity contribution is 8.00. The normalized spacial score (nSPS) is 15.7. The monoisotopic (exact) mass is 436 g/mol. The number of hydrogen-bond acceptors (Lipinski definition) is 10. The van der Waals surface area contributed by atoms with Gasteiger partial charge in [0.15, 0.2) is 5.03 Å². The summed E-state index contributed by atoms with van der Waals surface area (Å²) < 4.78 is 14.1. The molecule has 0 spiro atoms. The Kier molecular flexibility index (Phi) is 9.13. The second-order valence-corrected chi connectivity index (χ2v) is 11.1. The number of nitrogens with one attached hydrogen (secondary N) is 1. The zero-order valence-electron chi connectivity index (χ0n) is 18.2. The third-order valence-electron chi connectivity index (χ3n) is 4.10. The van der Waals surface area contributed by atoms with Gasteiger partial charge in [0.2, 0.25) is 0 Å². The predicted molar refractivity (Wildman–Crippen MR) is 113 cm³/mol. The highest BCUT2D eigenvalue weighted by Crippen LogP contribution is 2.38. The van der Waals surface area contributed by atoms with Crippen molar-refractivity contribution in [3.63, 3.8) is 0 Å². The highest BCUT2D eigenvalue weighted by atomic mass is 32.2. The van der Waals surface area contributed by atoms with Crippen LogP contribution in [-0.2, 0) is 0 Å². The van der Waals surface area contributed by atoms with Gasteiger partial charge in [-0.3, -0.25) is 0 Å². The standard InChI is InChI=1S/C18H36N4O4S2/c1-16(2,3)19-9-12(24)11-26-14-15(21-28-20-14)27-13(10-23)18(7,8)22(25)17(4,5)6/h12-13,19,23-25H,9-11H2,1-8H3. The lowest BCUT2D eigenvalue weighted by molar-refractivity contribution is -0.219. The van der Waals surface area contributed by atoms with Crippen LogP contribution in [0.4, 0.5) is 0 Å². The molecule has 0 saturated heterocycles. The molecule has 4 N–H and O–H groups in total. The van der Waals surface area contributed by atoms with Gasteiger partial charge in [0.05, 0.1) is 29.1 Å². The summed E-state index contributed by atoms with van der Waals surface area (Å²) in [6.07, 6.45) is -0.683. The molecule has 0 radical (unpaired) electrons. The molecule has 0 aromatic carbocycles. The number of rotatable bonds is 10. The van der Waals surface area contributed by atoms with Crippen molar-refractivity contribution in [2.45, 2.75) is 88.4 Å². The largest absolute Gasteiger partial charge is 0.472 e. The van der Waals surface area contributed by atoms with E-state index in [1.165, 1.54) is 16.8 Å². The molecule has 0 amide bonds. The van der Waals surface area contributed by atoms with Gasteiger partial charge in [-0.25, -0.2) is 0 Å². The van der Waals surface area contributed by atoms with Crippen molar-refractivity contribution in [1.82, 2.24) is 19.1 Å². The molecular weight excluding hydrogens is 400 g/mol. The predicted octanol–water partition coefficient (Wildman–Crippen LogP) is 2.39. The first-order valence-electron chi connectivity index (χ1n) is 9.33. The number of β-amino-alcohol motifs (C(OH)–C–C–N with tert-alkyl or cyclic N) is 1. The molecule has 28 heavy (non-hydrogen) atoms. The lowest BCUT2D eigenvalue weighted by Gasteiger charge is -2.45. The first-order chi connectivity index (χ1) is 12.7. The van der Waals surface area contributed by atoms with Crippen molar-refractivity contribution in [1.29, 1.82) is 0 Å². The van der Waals surface area contributed by atoms with Gasteiger partial charge >= 0.3 is 0 Å². The molecule has 0 aliphatic heterocycles. The number of aliphatic hydroxyl groups is 2. The van der Waals surface area contributed by atoms with Crippen LogP contribution in [0.2, 0.25) is 0 Å². The van der Waals surface area contributed by atoms with Crippen molar-refractivity contribution in [2.24, 2.45) is 0 Å². The molecule has 2 atom stereocenters. The number of thioether (sulfide) groups is 1. The molecule has 0 aliphatic rings. The van der Waals surface area contributed by atoms with Gasteiger partial charge < -0.3 is 25.5 Å². The summed E-state index contributed by atoms with van der Waals surface area (Å²) >= 11 is 2.32. The number of aromatic nitrogens is 2. The average Bonchev–Trinajstić information content (AvgIpc) is 3.00. The first kappa shape index (κ1) is 25.5. The molecule has 164 valence electrons. The van der Waals surface area contributed by atoms with Crippen LogP contribution in [-0.4, -0.2) is 77.0 Å². The average molecular weight is 437 g/mol. The van der Waals surface area contributed by atoms with Crippen molar-refractivity contribution < 1.29 is 20.2 Å². The lowest BCUT2D eigenvalue weighted by atomic mass is 9.94. The van der Waals surface area contributed by atoms with Crippen LogP contribution in [0.5, 0.6) is 5.88 Å². The summed E-state index contributed by atoms with van der Waals surface area (Å²) in [5.41, 5.74) is -1.30. The Bertz CT molecular complexity index is 599. The van der Waals surface area contributed by atoms with E-state index in [-0.39, 0.29) is 24.0 Å². The van der Waals surface area contributed by atoms with Gasteiger partial charge in [-0.1, -0.05) is 11.8 Å². The van der Waals surface area contributed by atoms with E-state index in [9.17, 15) is 15.4 Å². The minimum atomic E-state index is -0.727. The van der Waals surface area contributed by atoms with Crippen LogP contribution in [0.3, 0.4) is 0 Å². The molecule has 0 fully saturated rings. The number of hydrogen-bond donors (Lipinski definition) is 4. The van der Waals surface area contributed by atoms with Gasteiger partial charge in [-0.2, -0.15) is 9.44 Å². The van der Waals surface area contributed by atoms with E-state index in [1.807, 2.05) is 55.4 Å². The number of nitrogens with zero attached hydrogens (tertiary/aromatic N) is 3. The van der Waals surface area contributed by atoms with E-state index in [2.05, 4.69) is 14.1 Å². The maximum Gasteiger partial charge on any atom is 0.260 e. The molecule has 1 aromatic rings. The van der Waals surface area contributed by atoms with Crippen LogP contribution >= 0.6 is 23.5 Å². The summed E-state index contributed by atoms with van der Waals surface area (Å²) in [4.78, 5) is 0. The molecule has 10 heteroatoms. The fourth-order valence-electron chi connectivity index (χ4n) is 2.53. The first-order valence-corrected chi connectivity index (χ1v) is 10.9. The van der Waals surface area contributed by atoms with E-state index >= 15 is 0 Å². The molecule has 1 rings (SSSR count). The van der Waals surface area contributed by atoms with Gasteiger partial charge in [0.25, 0.3) is 5.88 Å². The van der Waals surface area contributed by atoms with E-state index in [1.54, 1.807) is 0 Å². The molecule has 0 aliphatic carbocycles. The van der Waals surface area contributed by atoms with Gasteiger partial charge in [0, 0.05) is 17.6 Å². The van der Waals surface area contributed by atoms with Crippen molar-refractivity contribution in [3.05, 3.63) is 0 Å². The van der Waals surface area contributed by atoms with E-state index < -0.39 is 17.2 Å². The van der Waals surface area contributed by atoms with Gasteiger partial charge in [-0.15, -0.1) is 4.37 Å². The second-order valence-electron chi connectivity index (χ2n) is 9.40. The molecule has 8 nitrogen and oxygen atoms in total. The lowest BCUT2D eigenvalue weighted by Crippen LogP contribution is -2.58. The molecular formula is C18H36N4O4S2. The third-order valence-corrected chi connectivity index (χ3v) is 6.23. The highest BCUT2D eigenvalue weighted by Gasteiger charge is 2.41. The summed E-state index contributed by atoms with van der Waals surface area (Å²) in [5.74, 6) is 0.333. The smallest absolute Gasteiger partial charge is 0.260 e. The van der Waals surface area contributed by atoms with Gasteiger partial charge in [-0.05, 0) is 55.4 Å². The fraction of sp³-hybridized carbons (Fsp3) is 0.889. The Hall–Kier alpha value is -0.490. The number of hydroxylamine groups is 2. The summed E-state index contributed by atoms with van der Waals surface area (Å²) in [6, 6.07) is 0. The Morgan fingerprint density at radius 2 is 1.75 bits per heavy atom. The third kappa shape index (κ3) is 7.74. The molecule has 0 bridgehead atoms. The minimum absolute atomic E-state index is 0.0867. The van der Waals surface area contributed by atoms with Crippen LogP contribution in [0.25, 0.3) is 0 Å². The molecule has 2 unspecified atom stereocenters. The number of ether oxygens (including phenoxy) is 1. The SMILES string of the molecule is CC(C)(C)NCC(O)COc1nsnc1SC(CO)C(C)(C)N(O)C(C)(C)C. The van der Waals surface area contributed by atoms with E-state index in [4.69, 9.17) is 4.74 Å². The minimum Gasteiger partial charge on any atom is -0.472 e. The Balaban J connectivity index is 2.76. The van der Waals surface area contributed by atoms with Crippen LogP contribution in [0.15, 0.2) is 5.03 Å². The topological polar surface area (TPSA) is 111 Å². The van der Waals surface area contributed by atoms with Crippen molar-refractivity contribution >= 4 is 23.5 Å².